The SMILES string of the molecule is NC1(C(=O)Nc2ccc(Br)cc2[N+](=O)[O-])CCCCC1. The van der Waals surface area contributed by atoms with Crippen molar-refractivity contribution in [2.45, 2.75) is 37.6 Å². The van der Waals surface area contributed by atoms with Crippen LogP contribution in [0.3, 0.4) is 0 Å². The lowest BCUT2D eigenvalue weighted by atomic mass is 9.82. The van der Waals surface area contributed by atoms with E-state index in [4.69, 9.17) is 5.73 Å². The smallest absolute Gasteiger partial charge is 0.293 e. The lowest BCUT2D eigenvalue weighted by Crippen LogP contribution is -2.52. The maximum Gasteiger partial charge on any atom is 0.293 e. The van der Waals surface area contributed by atoms with Gasteiger partial charge in [0.1, 0.15) is 5.69 Å². The van der Waals surface area contributed by atoms with Crippen molar-refractivity contribution in [1.29, 1.82) is 0 Å². The molecular weight excluding hydrogens is 326 g/mol. The molecule has 1 aliphatic carbocycles. The number of nitro groups is 1. The van der Waals surface area contributed by atoms with Crippen LogP contribution in [0.5, 0.6) is 0 Å². The third-order valence-electron chi connectivity index (χ3n) is 3.60. The number of halogens is 1. The van der Waals surface area contributed by atoms with Crippen molar-refractivity contribution >= 4 is 33.2 Å². The van der Waals surface area contributed by atoms with Crippen molar-refractivity contribution in [2.75, 3.05) is 5.32 Å². The first-order valence-electron chi connectivity index (χ1n) is 6.47. The predicted octanol–water partition coefficient (Wildman–Crippen LogP) is 2.96. The molecule has 1 amide bonds. The monoisotopic (exact) mass is 341 g/mol. The number of benzene rings is 1. The average Bonchev–Trinajstić information content (AvgIpc) is 2.41. The average molecular weight is 342 g/mol. The van der Waals surface area contributed by atoms with Gasteiger partial charge < -0.3 is 11.1 Å². The second-order valence-corrected chi connectivity index (χ2v) is 6.01. The van der Waals surface area contributed by atoms with E-state index >= 15 is 0 Å². The summed E-state index contributed by atoms with van der Waals surface area (Å²) >= 11 is 3.18. The Labute approximate surface area is 125 Å². The maximum absolute atomic E-state index is 12.3. The molecule has 0 spiro atoms. The zero-order chi connectivity index (χ0) is 14.8. The van der Waals surface area contributed by atoms with Crippen molar-refractivity contribution in [3.63, 3.8) is 0 Å². The van der Waals surface area contributed by atoms with Crippen LogP contribution in [-0.4, -0.2) is 16.4 Å². The van der Waals surface area contributed by atoms with Gasteiger partial charge in [-0.3, -0.25) is 14.9 Å². The van der Waals surface area contributed by atoms with E-state index in [2.05, 4.69) is 21.2 Å². The van der Waals surface area contributed by atoms with Gasteiger partial charge in [-0.15, -0.1) is 0 Å². The summed E-state index contributed by atoms with van der Waals surface area (Å²) in [5.41, 5.74) is 5.23. The highest BCUT2D eigenvalue weighted by Crippen LogP contribution is 2.31. The van der Waals surface area contributed by atoms with Gasteiger partial charge in [-0.2, -0.15) is 0 Å². The molecule has 0 unspecified atom stereocenters. The molecule has 0 saturated heterocycles. The van der Waals surface area contributed by atoms with Crippen LogP contribution in [0.1, 0.15) is 32.1 Å². The molecule has 108 valence electrons. The summed E-state index contributed by atoms with van der Waals surface area (Å²) in [6.45, 7) is 0. The van der Waals surface area contributed by atoms with Crippen LogP contribution < -0.4 is 11.1 Å². The number of hydrogen-bond acceptors (Lipinski definition) is 4. The van der Waals surface area contributed by atoms with Crippen molar-refractivity contribution < 1.29 is 9.72 Å². The topological polar surface area (TPSA) is 98.3 Å². The summed E-state index contributed by atoms with van der Waals surface area (Å²) in [4.78, 5) is 22.8. The van der Waals surface area contributed by atoms with E-state index in [1.54, 1.807) is 6.07 Å². The number of amides is 1. The van der Waals surface area contributed by atoms with E-state index in [1.165, 1.54) is 12.1 Å². The summed E-state index contributed by atoms with van der Waals surface area (Å²) in [5, 5.41) is 13.6. The quantitative estimate of drug-likeness (QED) is 0.652. The summed E-state index contributed by atoms with van der Waals surface area (Å²) in [6.07, 6.45) is 4.12. The van der Waals surface area contributed by atoms with Gasteiger partial charge in [-0.1, -0.05) is 35.2 Å². The molecular formula is C13H16BrN3O3. The molecule has 1 saturated carbocycles. The van der Waals surface area contributed by atoms with Gasteiger partial charge in [-0.05, 0) is 25.0 Å². The van der Waals surface area contributed by atoms with Crippen molar-refractivity contribution in [1.82, 2.24) is 0 Å². The Morgan fingerprint density at radius 3 is 2.60 bits per heavy atom. The Balaban J connectivity index is 2.21. The highest BCUT2D eigenvalue weighted by Gasteiger charge is 2.36. The zero-order valence-corrected chi connectivity index (χ0v) is 12.5. The third-order valence-corrected chi connectivity index (χ3v) is 4.10. The van der Waals surface area contributed by atoms with Gasteiger partial charge in [0.25, 0.3) is 5.69 Å². The van der Waals surface area contributed by atoms with Gasteiger partial charge in [0.15, 0.2) is 0 Å². The minimum atomic E-state index is -0.917. The zero-order valence-electron chi connectivity index (χ0n) is 10.9. The molecule has 0 aliphatic heterocycles. The number of carbonyl (C=O) groups excluding carboxylic acids is 1. The van der Waals surface area contributed by atoms with Gasteiger partial charge in [0, 0.05) is 10.5 Å². The summed E-state index contributed by atoms with van der Waals surface area (Å²) in [7, 11) is 0. The molecule has 0 aromatic heterocycles. The Morgan fingerprint density at radius 1 is 1.35 bits per heavy atom. The molecule has 2 rings (SSSR count). The Hall–Kier alpha value is -1.47. The number of hydrogen-bond donors (Lipinski definition) is 2. The second-order valence-electron chi connectivity index (χ2n) is 5.09. The van der Waals surface area contributed by atoms with Crippen LogP contribution in [0.4, 0.5) is 11.4 Å². The minimum absolute atomic E-state index is 0.146. The van der Waals surface area contributed by atoms with Gasteiger partial charge in [-0.25, -0.2) is 0 Å². The molecule has 3 N–H and O–H groups in total. The minimum Gasteiger partial charge on any atom is -0.319 e. The van der Waals surface area contributed by atoms with Gasteiger partial charge in [0.05, 0.1) is 10.5 Å². The highest BCUT2D eigenvalue weighted by molar-refractivity contribution is 9.10. The molecule has 7 heteroatoms. The van der Waals surface area contributed by atoms with E-state index in [9.17, 15) is 14.9 Å². The molecule has 6 nitrogen and oxygen atoms in total. The number of anilines is 1. The van der Waals surface area contributed by atoms with E-state index in [0.717, 1.165) is 19.3 Å². The highest BCUT2D eigenvalue weighted by atomic mass is 79.9. The fraction of sp³-hybridized carbons (Fsp3) is 0.462. The number of nitrogens with zero attached hydrogens (tertiary/aromatic N) is 1. The van der Waals surface area contributed by atoms with Crippen LogP contribution in [-0.2, 0) is 4.79 Å². The van der Waals surface area contributed by atoms with Crippen molar-refractivity contribution in [2.24, 2.45) is 5.73 Å². The standard InChI is InChI=1S/C13H16BrN3O3/c14-9-4-5-10(11(8-9)17(19)20)16-12(18)13(15)6-2-1-3-7-13/h4-5,8H,1-3,6-7,15H2,(H,16,18). The largest absolute Gasteiger partial charge is 0.319 e. The lowest BCUT2D eigenvalue weighted by Gasteiger charge is -2.31. The van der Waals surface area contributed by atoms with Gasteiger partial charge in [0.2, 0.25) is 5.91 Å². The van der Waals surface area contributed by atoms with Crippen LogP contribution in [0, 0.1) is 10.1 Å². The normalized spacial score (nSPS) is 17.5. The van der Waals surface area contributed by atoms with Crippen LogP contribution in [0.25, 0.3) is 0 Å². The van der Waals surface area contributed by atoms with Crippen molar-refractivity contribution in [3.05, 3.63) is 32.8 Å². The summed E-state index contributed by atoms with van der Waals surface area (Å²) in [6, 6.07) is 4.51. The molecule has 1 aromatic carbocycles. The molecule has 0 heterocycles. The van der Waals surface area contributed by atoms with Gasteiger partial charge >= 0.3 is 0 Å². The Kier molecular flexibility index (Phi) is 4.39. The number of nitrogens with one attached hydrogen (secondary N) is 1. The fourth-order valence-corrected chi connectivity index (χ4v) is 2.77. The first-order valence-corrected chi connectivity index (χ1v) is 7.26. The van der Waals surface area contributed by atoms with Crippen LogP contribution in [0.2, 0.25) is 0 Å². The Morgan fingerprint density at radius 2 is 2.00 bits per heavy atom. The van der Waals surface area contributed by atoms with E-state index in [1.807, 2.05) is 0 Å². The first kappa shape index (κ1) is 14.9. The summed E-state index contributed by atoms with van der Waals surface area (Å²) < 4.78 is 0.585. The number of nitro benzene ring substituents is 1. The molecule has 20 heavy (non-hydrogen) atoms. The lowest BCUT2D eigenvalue weighted by molar-refractivity contribution is -0.384. The fourth-order valence-electron chi connectivity index (χ4n) is 2.42. The summed E-state index contributed by atoms with van der Waals surface area (Å²) in [5.74, 6) is -0.345. The van der Waals surface area contributed by atoms with E-state index < -0.39 is 10.5 Å². The Bertz CT molecular complexity index is 542. The third kappa shape index (κ3) is 3.16. The molecule has 0 bridgehead atoms. The molecule has 0 radical (unpaired) electrons. The van der Waals surface area contributed by atoms with E-state index in [0.29, 0.717) is 17.3 Å². The molecule has 1 aliphatic rings. The number of rotatable bonds is 3. The van der Waals surface area contributed by atoms with Crippen LogP contribution >= 0.6 is 15.9 Å². The van der Waals surface area contributed by atoms with Crippen molar-refractivity contribution in [3.8, 4) is 0 Å². The predicted molar refractivity (Wildman–Crippen MR) is 79.4 cm³/mol. The number of nitrogens with two attached hydrogens (primary N) is 1. The molecule has 0 atom stereocenters. The maximum atomic E-state index is 12.3. The first-order chi connectivity index (χ1) is 9.42. The van der Waals surface area contributed by atoms with E-state index in [-0.39, 0.29) is 17.3 Å². The van der Waals surface area contributed by atoms with Crippen LogP contribution in [0.15, 0.2) is 22.7 Å². The second kappa shape index (κ2) is 5.88. The number of carbonyl (C=O) groups is 1. The molecule has 1 fully saturated rings. The molecule has 1 aromatic rings.